The number of anilines is 1. The SMILES string of the molecule is NC(=O)C=Cc1c[nH]c2ncc(N)cc12. The van der Waals surface area contributed by atoms with Crippen molar-refractivity contribution in [3.05, 3.63) is 30.1 Å². The maximum Gasteiger partial charge on any atom is 0.241 e. The Bertz CT molecular complexity index is 541. The first kappa shape index (κ1) is 9.26. The van der Waals surface area contributed by atoms with Gasteiger partial charge in [0.2, 0.25) is 5.91 Å². The fraction of sp³-hybridized carbons (Fsp3) is 0. The largest absolute Gasteiger partial charge is 0.397 e. The van der Waals surface area contributed by atoms with Gasteiger partial charge in [0.25, 0.3) is 0 Å². The Labute approximate surface area is 85.8 Å². The first-order chi connectivity index (χ1) is 7.16. The number of nitrogens with zero attached hydrogens (tertiary/aromatic N) is 1. The molecule has 2 aromatic rings. The predicted molar refractivity (Wildman–Crippen MR) is 58.7 cm³/mol. The molecule has 0 aliphatic carbocycles. The van der Waals surface area contributed by atoms with Crippen molar-refractivity contribution < 1.29 is 4.79 Å². The fourth-order valence-electron chi connectivity index (χ4n) is 1.35. The highest BCUT2D eigenvalue weighted by atomic mass is 16.1. The van der Waals surface area contributed by atoms with Gasteiger partial charge in [-0.15, -0.1) is 0 Å². The summed E-state index contributed by atoms with van der Waals surface area (Å²) in [4.78, 5) is 17.6. The number of rotatable bonds is 2. The molecule has 1 amide bonds. The van der Waals surface area contributed by atoms with Gasteiger partial charge in [0, 0.05) is 23.2 Å². The summed E-state index contributed by atoms with van der Waals surface area (Å²) in [5, 5.41) is 0.868. The van der Waals surface area contributed by atoms with Gasteiger partial charge in [0.05, 0.1) is 11.9 Å². The maximum atomic E-state index is 10.6. The molecule has 2 aromatic heterocycles. The average Bonchev–Trinajstić information content (AvgIpc) is 2.57. The number of aromatic nitrogens is 2. The molecule has 0 saturated heterocycles. The van der Waals surface area contributed by atoms with E-state index in [9.17, 15) is 4.79 Å². The molecule has 0 aliphatic rings. The van der Waals surface area contributed by atoms with Gasteiger partial charge < -0.3 is 16.5 Å². The number of carbonyl (C=O) groups excluding carboxylic acids is 1. The van der Waals surface area contributed by atoms with Crippen LogP contribution in [0.25, 0.3) is 17.1 Å². The Kier molecular flexibility index (Phi) is 2.13. The molecule has 5 nitrogen and oxygen atoms in total. The molecule has 0 bridgehead atoms. The number of pyridine rings is 1. The Balaban J connectivity index is 2.52. The topological polar surface area (TPSA) is 97.8 Å². The number of nitrogens with two attached hydrogens (primary N) is 2. The summed E-state index contributed by atoms with van der Waals surface area (Å²) in [6.45, 7) is 0. The molecule has 0 unspecified atom stereocenters. The number of hydrogen-bond acceptors (Lipinski definition) is 3. The van der Waals surface area contributed by atoms with Gasteiger partial charge in [0.15, 0.2) is 0 Å². The van der Waals surface area contributed by atoms with Crippen LogP contribution in [0.15, 0.2) is 24.5 Å². The highest BCUT2D eigenvalue weighted by molar-refractivity contribution is 5.95. The number of aromatic amines is 1. The number of amides is 1. The first-order valence-corrected chi connectivity index (χ1v) is 4.37. The number of primary amides is 1. The lowest BCUT2D eigenvalue weighted by Crippen LogP contribution is -2.04. The standard InChI is InChI=1S/C10H10N4O/c11-7-3-8-6(1-2-9(12)15)4-13-10(8)14-5-7/h1-5H,11H2,(H2,12,15)(H,13,14). The van der Waals surface area contributed by atoms with Crippen molar-refractivity contribution in [3.63, 3.8) is 0 Å². The highest BCUT2D eigenvalue weighted by Gasteiger charge is 2.02. The van der Waals surface area contributed by atoms with E-state index in [0.29, 0.717) is 5.69 Å². The molecule has 0 fully saturated rings. The van der Waals surface area contributed by atoms with E-state index in [-0.39, 0.29) is 0 Å². The van der Waals surface area contributed by atoms with Crippen molar-refractivity contribution in [3.8, 4) is 0 Å². The lowest BCUT2D eigenvalue weighted by molar-refractivity contribution is -0.113. The molecule has 0 radical (unpaired) electrons. The number of carbonyl (C=O) groups is 1. The molecule has 0 spiro atoms. The van der Waals surface area contributed by atoms with E-state index < -0.39 is 5.91 Å². The molecule has 0 atom stereocenters. The van der Waals surface area contributed by atoms with Crippen LogP contribution in [0.5, 0.6) is 0 Å². The Morgan fingerprint density at radius 2 is 2.33 bits per heavy atom. The monoisotopic (exact) mass is 202 g/mol. The summed E-state index contributed by atoms with van der Waals surface area (Å²) < 4.78 is 0. The van der Waals surface area contributed by atoms with E-state index in [1.54, 1.807) is 24.5 Å². The van der Waals surface area contributed by atoms with Gasteiger partial charge in [-0.05, 0) is 12.1 Å². The minimum absolute atomic E-state index is 0.485. The van der Waals surface area contributed by atoms with E-state index in [4.69, 9.17) is 11.5 Å². The van der Waals surface area contributed by atoms with Crippen molar-refractivity contribution >= 4 is 28.7 Å². The molecular formula is C10H10N4O. The zero-order chi connectivity index (χ0) is 10.8. The number of nitrogens with one attached hydrogen (secondary N) is 1. The van der Waals surface area contributed by atoms with Crippen LogP contribution >= 0.6 is 0 Å². The van der Waals surface area contributed by atoms with Crippen LogP contribution in [0, 0.1) is 0 Å². The maximum absolute atomic E-state index is 10.6. The Morgan fingerprint density at radius 3 is 3.07 bits per heavy atom. The van der Waals surface area contributed by atoms with E-state index in [1.165, 1.54) is 6.08 Å². The molecule has 5 N–H and O–H groups in total. The third kappa shape index (κ3) is 1.80. The second-order valence-electron chi connectivity index (χ2n) is 3.14. The van der Waals surface area contributed by atoms with Gasteiger partial charge >= 0.3 is 0 Å². The molecule has 2 heterocycles. The number of fused-ring (bicyclic) bond motifs is 1. The molecule has 0 aromatic carbocycles. The van der Waals surface area contributed by atoms with Crippen LogP contribution in [0.2, 0.25) is 0 Å². The van der Waals surface area contributed by atoms with E-state index in [2.05, 4.69) is 9.97 Å². The first-order valence-electron chi connectivity index (χ1n) is 4.37. The minimum atomic E-state index is -0.485. The summed E-state index contributed by atoms with van der Waals surface area (Å²) in [7, 11) is 0. The lowest BCUT2D eigenvalue weighted by atomic mass is 10.2. The number of nitrogen functional groups attached to an aromatic ring is 1. The van der Waals surface area contributed by atoms with Gasteiger partial charge in [-0.1, -0.05) is 0 Å². The molecule has 15 heavy (non-hydrogen) atoms. The van der Waals surface area contributed by atoms with E-state index in [0.717, 1.165) is 16.6 Å². The van der Waals surface area contributed by atoms with Crippen molar-refractivity contribution in [2.45, 2.75) is 0 Å². The van der Waals surface area contributed by atoms with Crippen LogP contribution in [0.4, 0.5) is 5.69 Å². The number of hydrogen-bond donors (Lipinski definition) is 3. The van der Waals surface area contributed by atoms with Crippen LogP contribution in [-0.2, 0) is 4.79 Å². The smallest absolute Gasteiger partial charge is 0.241 e. The third-order valence-electron chi connectivity index (χ3n) is 2.01. The molecule has 0 aliphatic heterocycles. The van der Waals surface area contributed by atoms with Crippen LogP contribution < -0.4 is 11.5 Å². The van der Waals surface area contributed by atoms with Gasteiger partial charge in [-0.25, -0.2) is 4.98 Å². The Morgan fingerprint density at radius 1 is 1.53 bits per heavy atom. The summed E-state index contributed by atoms with van der Waals surface area (Å²) in [6, 6.07) is 1.79. The molecule has 76 valence electrons. The summed E-state index contributed by atoms with van der Waals surface area (Å²) >= 11 is 0. The van der Waals surface area contributed by atoms with Crippen molar-refractivity contribution in [1.82, 2.24) is 9.97 Å². The average molecular weight is 202 g/mol. The highest BCUT2D eigenvalue weighted by Crippen LogP contribution is 2.19. The zero-order valence-corrected chi connectivity index (χ0v) is 7.90. The quantitative estimate of drug-likeness (QED) is 0.623. The van der Waals surface area contributed by atoms with Gasteiger partial charge in [-0.3, -0.25) is 4.79 Å². The van der Waals surface area contributed by atoms with Crippen molar-refractivity contribution in [2.24, 2.45) is 5.73 Å². The van der Waals surface area contributed by atoms with Crippen LogP contribution in [0.3, 0.4) is 0 Å². The second-order valence-corrected chi connectivity index (χ2v) is 3.14. The normalized spacial score (nSPS) is 11.2. The van der Waals surface area contributed by atoms with E-state index >= 15 is 0 Å². The van der Waals surface area contributed by atoms with Crippen LogP contribution in [-0.4, -0.2) is 15.9 Å². The minimum Gasteiger partial charge on any atom is -0.397 e. The molecule has 0 saturated carbocycles. The third-order valence-corrected chi connectivity index (χ3v) is 2.01. The zero-order valence-electron chi connectivity index (χ0n) is 7.90. The van der Waals surface area contributed by atoms with Crippen molar-refractivity contribution in [2.75, 3.05) is 5.73 Å². The van der Waals surface area contributed by atoms with Crippen LogP contribution in [0.1, 0.15) is 5.56 Å². The van der Waals surface area contributed by atoms with Gasteiger partial charge in [0.1, 0.15) is 5.65 Å². The fourth-order valence-corrected chi connectivity index (χ4v) is 1.35. The summed E-state index contributed by atoms with van der Waals surface area (Å²) in [5.74, 6) is -0.485. The molecule has 2 rings (SSSR count). The second kappa shape index (κ2) is 3.45. The number of H-pyrrole nitrogens is 1. The molecule has 5 heteroatoms. The predicted octanol–water partition coefficient (Wildman–Crippen LogP) is 0.644. The summed E-state index contributed by atoms with van der Waals surface area (Å²) in [6.07, 6.45) is 6.24. The molecular weight excluding hydrogens is 192 g/mol. The van der Waals surface area contributed by atoms with Crippen molar-refractivity contribution in [1.29, 1.82) is 0 Å². The Hall–Kier alpha value is -2.30. The lowest BCUT2D eigenvalue weighted by Gasteiger charge is -1.93. The van der Waals surface area contributed by atoms with Gasteiger partial charge in [-0.2, -0.15) is 0 Å². The van der Waals surface area contributed by atoms with E-state index in [1.807, 2.05) is 0 Å². The summed E-state index contributed by atoms with van der Waals surface area (Å²) in [5.41, 5.74) is 12.8.